The Morgan fingerprint density at radius 3 is 2.52 bits per heavy atom. The summed E-state index contributed by atoms with van der Waals surface area (Å²) in [7, 11) is 0. The summed E-state index contributed by atoms with van der Waals surface area (Å²) in [6, 6.07) is 9.71. The van der Waals surface area contributed by atoms with E-state index in [2.05, 4.69) is 20.6 Å². The molecule has 1 unspecified atom stereocenters. The molecule has 2 rings (SSSR count). The molecule has 0 bridgehead atoms. The molecule has 4 N–H and O–H groups in total. The van der Waals surface area contributed by atoms with Crippen molar-refractivity contribution in [3.63, 3.8) is 0 Å². The van der Waals surface area contributed by atoms with Crippen LogP contribution in [0.25, 0.3) is 0 Å². The molecule has 21 heavy (non-hydrogen) atoms. The van der Waals surface area contributed by atoms with E-state index in [0.717, 1.165) is 28.4 Å². The van der Waals surface area contributed by atoms with E-state index < -0.39 is 6.29 Å². The van der Waals surface area contributed by atoms with E-state index in [0.29, 0.717) is 12.5 Å². The lowest BCUT2D eigenvalue weighted by Crippen LogP contribution is -2.45. The maximum absolute atomic E-state index is 6.11. The Labute approximate surface area is 129 Å². The highest BCUT2D eigenvalue weighted by Gasteiger charge is 2.05. The maximum Gasteiger partial charge on any atom is 0.225 e. The number of aromatic nitrogens is 2. The lowest BCUT2D eigenvalue weighted by atomic mass is 10.1. The molecule has 1 aromatic heterocycles. The lowest BCUT2D eigenvalue weighted by Gasteiger charge is -2.16. The van der Waals surface area contributed by atoms with E-state index in [1.54, 1.807) is 0 Å². The quantitative estimate of drug-likeness (QED) is 0.714. The Morgan fingerprint density at radius 2 is 1.86 bits per heavy atom. The average molecular weight is 306 g/mol. The third-order valence-corrected chi connectivity index (χ3v) is 3.35. The molecule has 1 heterocycles. The molecule has 0 saturated carbocycles. The molecule has 6 heteroatoms. The minimum absolute atomic E-state index is 0.409. The highest BCUT2D eigenvalue weighted by Crippen LogP contribution is 2.14. The van der Waals surface area contributed by atoms with Gasteiger partial charge in [-0.15, -0.1) is 0 Å². The zero-order valence-electron chi connectivity index (χ0n) is 12.2. The van der Waals surface area contributed by atoms with E-state index in [9.17, 15) is 0 Å². The van der Waals surface area contributed by atoms with Gasteiger partial charge in [-0.3, -0.25) is 11.1 Å². The molecule has 0 aliphatic heterocycles. The van der Waals surface area contributed by atoms with Crippen molar-refractivity contribution in [2.45, 2.75) is 26.6 Å². The average Bonchev–Trinajstić information content (AvgIpc) is 2.39. The molecule has 0 saturated heterocycles. The molecule has 1 aromatic carbocycles. The van der Waals surface area contributed by atoms with Crippen LogP contribution in [0.15, 0.2) is 30.3 Å². The smallest absolute Gasteiger partial charge is 0.225 e. The molecular weight excluding hydrogens is 286 g/mol. The highest BCUT2D eigenvalue weighted by atomic mass is 35.5. The Morgan fingerprint density at radius 1 is 1.19 bits per heavy atom. The van der Waals surface area contributed by atoms with Gasteiger partial charge in [0.2, 0.25) is 5.95 Å². The first kappa shape index (κ1) is 15.7. The first-order valence-corrected chi connectivity index (χ1v) is 7.23. The number of hydrogen-bond acceptors (Lipinski definition) is 5. The van der Waals surface area contributed by atoms with Crippen LogP contribution in [-0.4, -0.2) is 22.8 Å². The summed E-state index contributed by atoms with van der Waals surface area (Å²) >= 11 is 6.11. The number of halogens is 1. The van der Waals surface area contributed by atoms with Crippen LogP contribution in [0, 0.1) is 13.8 Å². The standard InChI is InChI=1S/C15H20ClN5/c1-10-9-11(2)20-15(19-10)21-14(17)18-8-7-12-5-3-4-6-13(12)16/h3-6,9,14,18H,7-8,17H2,1-2H3,(H,19,20,21). The monoisotopic (exact) mass is 305 g/mol. The number of nitrogens with zero attached hydrogens (tertiary/aromatic N) is 2. The highest BCUT2D eigenvalue weighted by molar-refractivity contribution is 6.31. The van der Waals surface area contributed by atoms with E-state index >= 15 is 0 Å². The first-order chi connectivity index (χ1) is 10.0. The summed E-state index contributed by atoms with van der Waals surface area (Å²) in [5.74, 6) is 0.533. The number of anilines is 1. The van der Waals surface area contributed by atoms with E-state index in [4.69, 9.17) is 17.3 Å². The van der Waals surface area contributed by atoms with Crippen molar-refractivity contribution in [1.29, 1.82) is 0 Å². The van der Waals surface area contributed by atoms with Crippen molar-refractivity contribution in [3.8, 4) is 0 Å². The predicted octanol–water partition coefficient (Wildman–Crippen LogP) is 2.23. The topological polar surface area (TPSA) is 75.9 Å². The number of nitrogens with two attached hydrogens (primary N) is 1. The van der Waals surface area contributed by atoms with Crippen LogP contribution in [-0.2, 0) is 6.42 Å². The zero-order valence-corrected chi connectivity index (χ0v) is 13.0. The Hall–Kier alpha value is -1.69. The van der Waals surface area contributed by atoms with Gasteiger partial charge < -0.3 is 5.32 Å². The van der Waals surface area contributed by atoms with Crippen molar-refractivity contribution in [2.24, 2.45) is 5.73 Å². The van der Waals surface area contributed by atoms with Crippen LogP contribution < -0.4 is 16.4 Å². The van der Waals surface area contributed by atoms with Gasteiger partial charge in [-0.25, -0.2) is 9.97 Å². The van der Waals surface area contributed by atoms with Gasteiger partial charge in [0.15, 0.2) is 0 Å². The van der Waals surface area contributed by atoms with Crippen molar-refractivity contribution in [1.82, 2.24) is 15.3 Å². The Balaban J connectivity index is 1.82. The fourth-order valence-corrected chi connectivity index (χ4v) is 2.27. The van der Waals surface area contributed by atoms with E-state index in [1.165, 1.54) is 0 Å². The van der Waals surface area contributed by atoms with Gasteiger partial charge in [-0.05, 0) is 38.0 Å². The number of nitrogens with one attached hydrogen (secondary N) is 2. The van der Waals surface area contributed by atoms with Gasteiger partial charge in [0.05, 0.1) is 0 Å². The van der Waals surface area contributed by atoms with Crippen LogP contribution in [0.5, 0.6) is 0 Å². The second-order valence-corrected chi connectivity index (χ2v) is 5.30. The van der Waals surface area contributed by atoms with Gasteiger partial charge in [-0.2, -0.15) is 0 Å². The van der Waals surface area contributed by atoms with E-state index in [-0.39, 0.29) is 0 Å². The zero-order chi connectivity index (χ0) is 15.2. The molecular formula is C15H20ClN5. The van der Waals surface area contributed by atoms with Crippen LogP contribution in [0.1, 0.15) is 17.0 Å². The fraction of sp³-hybridized carbons (Fsp3) is 0.333. The summed E-state index contributed by atoms with van der Waals surface area (Å²) in [5, 5.41) is 6.99. The summed E-state index contributed by atoms with van der Waals surface area (Å²) in [4.78, 5) is 8.58. The van der Waals surface area contributed by atoms with Crippen LogP contribution >= 0.6 is 11.6 Å². The van der Waals surface area contributed by atoms with Gasteiger partial charge in [-0.1, -0.05) is 29.8 Å². The van der Waals surface area contributed by atoms with Crippen LogP contribution in [0.2, 0.25) is 5.02 Å². The van der Waals surface area contributed by atoms with Crippen LogP contribution in [0.4, 0.5) is 5.95 Å². The third kappa shape index (κ3) is 4.97. The fourth-order valence-electron chi connectivity index (χ4n) is 2.04. The second kappa shape index (κ2) is 7.36. The minimum atomic E-state index is -0.409. The van der Waals surface area contributed by atoms with Gasteiger partial charge in [0, 0.05) is 23.0 Å². The summed E-state index contributed by atoms with van der Waals surface area (Å²) < 4.78 is 0. The third-order valence-electron chi connectivity index (χ3n) is 2.98. The molecule has 112 valence electrons. The molecule has 0 aliphatic carbocycles. The molecule has 0 fully saturated rings. The van der Waals surface area contributed by atoms with Crippen molar-refractivity contribution >= 4 is 17.5 Å². The largest absolute Gasteiger partial charge is 0.326 e. The first-order valence-electron chi connectivity index (χ1n) is 6.86. The predicted molar refractivity (Wildman–Crippen MR) is 86.3 cm³/mol. The van der Waals surface area contributed by atoms with Crippen molar-refractivity contribution < 1.29 is 0 Å². The van der Waals surface area contributed by atoms with Crippen molar-refractivity contribution in [3.05, 3.63) is 52.3 Å². The summed E-state index contributed by atoms with van der Waals surface area (Å²) in [6.07, 6.45) is 0.400. The number of aryl methyl sites for hydroxylation is 2. The van der Waals surface area contributed by atoms with E-state index in [1.807, 2.05) is 44.2 Å². The molecule has 0 radical (unpaired) electrons. The SMILES string of the molecule is Cc1cc(C)nc(NC(N)NCCc2ccccc2Cl)n1. The lowest BCUT2D eigenvalue weighted by molar-refractivity contribution is 0.576. The molecule has 1 atom stereocenters. The number of rotatable bonds is 6. The van der Waals surface area contributed by atoms with Gasteiger partial charge in [0.1, 0.15) is 6.29 Å². The Bertz CT molecular complexity index is 582. The molecule has 0 amide bonds. The molecule has 5 nitrogen and oxygen atoms in total. The normalized spacial score (nSPS) is 12.2. The summed E-state index contributed by atoms with van der Waals surface area (Å²) in [5.41, 5.74) is 8.89. The van der Waals surface area contributed by atoms with Crippen LogP contribution in [0.3, 0.4) is 0 Å². The molecule has 0 spiro atoms. The molecule has 0 aliphatic rings. The second-order valence-electron chi connectivity index (χ2n) is 4.89. The summed E-state index contributed by atoms with van der Waals surface area (Å²) in [6.45, 7) is 4.56. The maximum atomic E-state index is 6.11. The number of hydrogen-bond donors (Lipinski definition) is 3. The van der Waals surface area contributed by atoms with Gasteiger partial charge in [0.25, 0.3) is 0 Å². The Kier molecular flexibility index (Phi) is 5.50. The van der Waals surface area contributed by atoms with Gasteiger partial charge >= 0.3 is 0 Å². The molecule has 2 aromatic rings. The van der Waals surface area contributed by atoms with Crippen molar-refractivity contribution in [2.75, 3.05) is 11.9 Å². The number of benzene rings is 1. The minimum Gasteiger partial charge on any atom is -0.326 e.